The van der Waals surface area contributed by atoms with E-state index in [0.29, 0.717) is 0 Å². The Balaban J connectivity index is 1.88. The van der Waals surface area contributed by atoms with E-state index in [4.69, 9.17) is 4.84 Å². The average molecular weight is 314 g/mol. The van der Waals surface area contributed by atoms with Crippen LogP contribution in [0.2, 0.25) is 0 Å². The molecule has 1 atom stereocenters. The van der Waals surface area contributed by atoms with Crippen molar-refractivity contribution in [3.8, 4) is 0 Å². The van der Waals surface area contributed by atoms with Crippen LogP contribution in [0.1, 0.15) is 25.0 Å². The van der Waals surface area contributed by atoms with Crippen LogP contribution in [0.3, 0.4) is 0 Å². The van der Waals surface area contributed by atoms with E-state index >= 15 is 0 Å². The fraction of sp³-hybridized carbons (Fsp3) is 0.222. The average Bonchev–Trinajstić information content (AvgIpc) is 2.57. The summed E-state index contributed by atoms with van der Waals surface area (Å²) in [5, 5.41) is 6.26. The quantitative estimate of drug-likeness (QED) is 0.652. The van der Waals surface area contributed by atoms with Crippen molar-refractivity contribution in [3.63, 3.8) is 0 Å². The molecule has 1 amide bonds. The van der Waals surface area contributed by atoms with E-state index in [-0.39, 0.29) is 5.69 Å². The lowest BCUT2D eigenvalue weighted by Gasteiger charge is -2.10. The van der Waals surface area contributed by atoms with Crippen LogP contribution in [0, 0.1) is 5.82 Å². The molecule has 0 heterocycles. The molecule has 0 fully saturated rings. The number of carbonyl (C=O) groups is 1. The summed E-state index contributed by atoms with van der Waals surface area (Å²) in [6.45, 7) is 3.63. The van der Waals surface area contributed by atoms with Crippen LogP contribution in [0.5, 0.6) is 0 Å². The highest BCUT2D eigenvalue weighted by molar-refractivity contribution is 5.94. The normalized spacial score (nSPS) is 12.1. The molecule has 2 aromatic rings. The van der Waals surface area contributed by atoms with Gasteiger partial charge in [0.05, 0.1) is 11.9 Å². The molecule has 0 bridgehead atoms. The van der Waals surface area contributed by atoms with E-state index in [2.05, 4.69) is 17.4 Å². The summed E-state index contributed by atoms with van der Waals surface area (Å²) in [5.74, 6) is -0.957. The zero-order valence-electron chi connectivity index (χ0n) is 13.1. The molecular formula is C18H19FN2O2. The van der Waals surface area contributed by atoms with Crippen LogP contribution in [-0.2, 0) is 16.1 Å². The third kappa shape index (κ3) is 4.92. The number of aryl methyl sites for hydroxylation is 1. The number of nitrogens with one attached hydrogen (secondary N) is 1. The maximum atomic E-state index is 13.5. The van der Waals surface area contributed by atoms with Crippen molar-refractivity contribution in [2.75, 3.05) is 5.32 Å². The summed E-state index contributed by atoms with van der Waals surface area (Å²) in [7, 11) is 0. The Labute approximate surface area is 135 Å². The summed E-state index contributed by atoms with van der Waals surface area (Å²) in [5.41, 5.74) is 2.23. The second kappa shape index (κ2) is 8.08. The van der Waals surface area contributed by atoms with Crippen molar-refractivity contribution in [2.45, 2.75) is 26.4 Å². The van der Waals surface area contributed by atoms with Crippen molar-refractivity contribution in [2.24, 2.45) is 5.16 Å². The molecule has 0 saturated heterocycles. The van der Waals surface area contributed by atoms with Crippen LogP contribution in [0.15, 0.2) is 53.7 Å². The van der Waals surface area contributed by atoms with Gasteiger partial charge in [0.2, 0.25) is 6.10 Å². The van der Waals surface area contributed by atoms with Gasteiger partial charge in [0.15, 0.2) is 0 Å². The fourth-order valence-electron chi connectivity index (χ4n) is 1.87. The third-order valence-corrected chi connectivity index (χ3v) is 3.31. The van der Waals surface area contributed by atoms with Crippen LogP contribution in [0.25, 0.3) is 0 Å². The molecule has 120 valence electrons. The summed E-state index contributed by atoms with van der Waals surface area (Å²) in [6.07, 6.45) is 1.67. The monoisotopic (exact) mass is 314 g/mol. The number of nitrogens with zero attached hydrogens (tertiary/aromatic N) is 1. The number of para-hydroxylation sites is 1. The molecule has 0 spiro atoms. The van der Waals surface area contributed by atoms with Crippen molar-refractivity contribution >= 4 is 17.8 Å². The van der Waals surface area contributed by atoms with Gasteiger partial charge in [-0.05, 0) is 36.6 Å². The van der Waals surface area contributed by atoms with E-state index in [9.17, 15) is 9.18 Å². The van der Waals surface area contributed by atoms with Gasteiger partial charge in [-0.2, -0.15) is 0 Å². The Morgan fingerprint density at radius 1 is 1.26 bits per heavy atom. The third-order valence-electron chi connectivity index (χ3n) is 3.31. The standard InChI is InChI=1S/C18H19FN2O2/c1-3-14-8-10-15(11-9-14)12-20-23-13(2)18(22)21-17-7-5-4-6-16(17)19/h4-13H,3H2,1-2H3,(H,21,22)/b20-12-/t13-/m1/s1. The van der Waals surface area contributed by atoms with Gasteiger partial charge in [-0.3, -0.25) is 4.79 Å². The highest BCUT2D eigenvalue weighted by Crippen LogP contribution is 2.13. The zero-order valence-corrected chi connectivity index (χ0v) is 13.1. The molecule has 0 saturated carbocycles. The lowest BCUT2D eigenvalue weighted by Crippen LogP contribution is -2.26. The molecule has 2 aromatic carbocycles. The number of halogens is 1. The highest BCUT2D eigenvalue weighted by atomic mass is 19.1. The Morgan fingerprint density at radius 3 is 2.61 bits per heavy atom. The Morgan fingerprint density at radius 2 is 1.96 bits per heavy atom. The first-order valence-corrected chi connectivity index (χ1v) is 7.43. The molecule has 4 nitrogen and oxygen atoms in total. The molecular weight excluding hydrogens is 295 g/mol. The molecule has 5 heteroatoms. The topological polar surface area (TPSA) is 50.7 Å². The lowest BCUT2D eigenvalue weighted by atomic mass is 10.1. The van der Waals surface area contributed by atoms with Crippen LogP contribution in [0.4, 0.5) is 10.1 Å². The molecule has 0 radical (unpaired) electrons. The van der Waals surface area contributed by atoms with E-state index in [1.165, 1.54) is 23.9 Å². The van der Waals surface area contributed by atoms with Crippen LogP contribution < -0.4 is 5.32 Å². The molecule has 2 rings (SSSR count). The van der Waals surface area contributed by atoms with Gasteiger partial charge in [-0.1, -0.05) is 48.5 Å². The number of hydrogen-bond acceptors (Lipinski definition) is 3. The number of amides is 1. The SMILES string of the molecule is CCc1ccc(/C=N\O[C@H](C)C(=O)Nc2ccccc2F)cc1. The maximum absolute atomic E-state index is 13.5. The molecule has 0 unspecified atom stereocenters. The van der Waals surface area contributed by atoms with Gasteiger partial charge in [-0.25, -0.2) is 4.39 Å². The maximum Gasteiger partial charge on any atom is 0.268 e. The molecule has 0 aromatic heterocycles. The molecule has 1 N–H and O–H groups in total. The van der Waals surface area contributed by atoms with E-state index in [0.717, 1.165) is 12.0 Å². The van der Waals surface area contributed by atoms with Crippen molar-refractivity contribution in [1.82, 2.24) is 0 Å². The Kier molecular flexibility index (Phi) is 5.86. The first-order chi connectivity index (χ1) is 11.1. The van der Waals surface area contributed by atoms with Crippen molar-refractivity contribution < 1.29 is 14.0 Å². The number of rotatable bonds is 6. The summed E-state index contributed by atoms with van der Waals surface area (Å²) >= 11 is 0. The van der Waals surface area contributed by atoms with E-state index < -0.39 is 17.8 Å². The van der Waals surface area contributed by atoms with Crippen molar-refractivity contribution in [3.05, 3.63) is 65.5 Å². The van der Waals surface area contributed by atoms with Gasteiger partial charge in [0.25, 0.3) is 5.91 Å². The van der Waals surface area contributed by atoms with E-state index in [1.807, 2.05) is 24.3 Å². The van der Waals surface area contributed by atoms with Gasteiger partial charge >= 0.3 is 0 Å². The number of oxime groups is 1. The van der Waals surface area contributed by atoms with Crippen molar-refractivity contribution in [1.29, 1.82) is 0 Å². The minimum Gasteiger partial charge on any atom is -0.383 e. The van der Waals surface area contributed by atoms with Gasteiger partial charge in [0, 0.05) is 0 Å². The first-order valence-electron chi connectivity index (χ1n) is 7.43. The Hall–Kier alpha value is -2.69. The predicted molar refractivity (Wildman–Crippen MR) is 89.0 cm³/mol. The molecule has 0 aliphatic heterocycles. The summed E-state index contributed by atoms with van der Waals surface area (Å²) in [6, 6.07) is 13.8. The number of benzene rings is 2. The molecule has 0 aliphatic rings. The van der Waals surface area contributed by atoms with Crippen LogP contribution in [-0.4, -0.2) is 18.2 Å². The van der Waals surface area contributed by atoms with Gasteiger partial charge in [0.1, 0.15) is 5.82 Å². The summed E-state index contributed by atoms with van der Waals surface area (Å²) in [4.78, 5) is 17.0. The number of carbonyl (C=O) groups excluding carboxylic acids is 1. The zero-order chi connectivity index (χ0) is 16.7. The second-order valence-electron chi connectivity index (χ2n) is 5.05. The predicted octanol–water partition coefficient (Wildman–Crippen LogP) is 3.77. The smallest absolute Gasteiger partial charge is 0.268 e. The first kappa shape index (κ1) is 16.7. The van der Waals surface area contributed by atoms with Gasteiger partial charge in [-0.15, -0.1) is 0 Å². The minimum atomic E-state index is -0.833. The number of anilines is 1. The summed E-state index contributed by atoms with van der Waals surface area (Å²) < 4.78 is 13.5. The van der Waals surface area contributed by atoms with Gasteiger partial charge < -0.3 is 10.2 Å². The highest BCUT2D eigenvalue weighted by Gasteiger charge is 2.15. The molecule has 23 heavy (non-hydrogen) atoms. The second-order valence-corrected chi connectivity index (χ2v) is 5.05. The lowest BCUT2D eigenvalue weighted by molar-refractivity contribution is -0.126. The van der Waals surface area contributed by atoms with E-state index in [1.54, 1.807) is 19.1 Å². The van der Waals surface area contributed by atoms with Crippen LogP contribution >= 0.6 is 0 Å². The minimum absolute atomic E-state index is 0.118. The largest absolute Gasteiger partial charge is 0.383 e. The Bertz CT molecular complexity index is 684. The molecule has 0 aliphatic carbocycles. The number of hydrogen-bond donors (Lipinski definition) is 1. The fourth-order valence-corrected chi connectivity index (χ4v) is 1.87.